The lowest BCUT2D eigenvalue weighted by atomic mass is 10.1. The summed E-state index contributed by atoms with van der Waals surface area (Å²) in [6.45, 7) is 3.42. The van der Waals surface area contributed by atoms with Crippen molar-refractivity contribution in [1.29, 1.82) is 0 Å². The lowest BCUT2D eigenvalue weighted by Gasteiger charge is -2.36. The van der Waals surface area contributed by atoms with Crippen LogP contribution >= 0.6 is 23.6 Å². The summed E-state index contributed by atoms with van der Waals surface area (Å²) in [4.78, 5) is 9.01. The molecule has 2 heterocycles. The molecule has 1 aliphatic heterocycles. The number of nitrogens with zero attached hydrogens (tertiary/aromatic N) is 3. The van der Waals surface area contributed by atoms with Gasteiger partial charge in [-0.05, 0) is 18.2 Å². The highest BCUT2D eigenvalue weighted by Crippen LogP contribution is 2.25. The van der Waals surface area contributed by atoms with Crippen molar-refractivity contribution >= 4 is 39.4 Å². The van der Waals surface area contributed by atoms with Gasteiger partial charge >= 0.3 is 0 Å². The van der Waals surface area contributed by atoms with Gasteiger partial charge in [-0.1, -0.05) is 12.2 Å². The fourth-order valence-corrected chi connectivity index (χ4v) is 3.35. The molecule has 0 unspecified atom stereocenters. The Morgan fingerprint density at radius 1 is 1.24 bits per heavy atom. The molecule has 0 aliphatic carbocycles. The van der Waals surface area contributed by atoms with Gasteiger partial charge in [0.05, 0.1) is 0 Å². The van der Waals surface area contributed by atoms with Gasteiger partial charge in [0.1, 0.15) is 10.8 Å². The van der Waals surface area contributed by atoms with E-state index >= 15 is 0 Å². The van der Waals surface area contributed by atoms with Crippen LogP contribution in [0.2, 0.25) is 0 Å². The second kappa shape index (κ2) is 5.95. The number of rotatable bonds is 3. The van der Waals surface area contributed by atoms with Crippen LogP contribution in [0.3, 0.4) is 0 Å². The maximum Gasteiger partial charge on any atom is 0.185 e. The highest BCUT2D eigenvalue weighted by molar-refractivity contribution is 7.80. The molecule has 0 atom stereocenters. The van der Waals surface area contributed by atoms with Crippen molar-refractivity contribution in [2.75, 3.05) is 36.0 Å². The van der Waals surface area contributed by atoms with Gasteiger partial charge in [0.25, 0.3) is 0 Å². The number of nitrogens with two attached hydrogens (primary N) is 1. The van der Waals surface area contributed by atoms with Crippen LogP contribution in [0.15, 0.2) is 29.8 Å². The van der Waals surface area contributed by atoms with Crippen LogP contribution in [0.1, 0.15) is 5.56 Å². The summed E-state index contributed by atoms with van der Waals surface area (Å²) < 4.78 is 13.4. The number of aromatic nitrogens is 1. The molecule has 21 heavy (non-hydrogen) atoms. The standard InChI is InChI=1S/C14H15FN4S2/c15-10-1-2-12(11(9-10)13(16)20)18-4-6-19(7-5-18)14-17-3-8-21-14/h1-3,8-9H,4-7H2,(H2,16,20). The van der Waals surface area contributed by atoms with E-state index in [9.17, 15) is 4.39 Å². The third-order valence-corrected chi connectivity index (χ3v) is 4.59. The molecule has 1 saturated heterocycles. The van der Waals surface area contributed by atoms with Gasteiger partial charge < -0.3 is 15.5 Å². The fourth-order valence-electron chi connectivity index (χ4n) is 2.49. The Kier molecular flexibility index (Phi) is 4.03. The largest absolute Gasteiger partial charge is 0.389 e. The van der Waals surface area contributed by atoms with E-state index in [1.54, 1.807) is 17.4 Å². The summed E-state index contributed by atoms with van der Waals surface area (Å²) in [5, 5.41) is 3.02. The molecule has 2 aromatic rings. The minimum Gasteiger partial charge on any atom is -0.389 e. The molecule has 110 valence electrons. The van der Waals surface area contributed by atoms with E-state index in [0.717, 1.165) is 37.0 Å². The first kappa shape index (κ1) is 14.2. The van der Waals surface area contributed by atoms with Crippen LogP contribution in [-0.4, -0.2) is 36.2 Å². The normalized spacial score (nSPS) is 15.3. The lowest BCUT2D eigenvalue weighted by Crippen LogP contribution is -2.47. The zero-order valence-electron chi connectivity index (χ0n) is 11.3. The first-order valence-corrected chi connectivity index (χ1v) is 7.92. The number of thiocarbonyl (C=S) groups is 1. The summed E-state index contributed by atoms with van der Waals surface area (Å²) in [7, 11) is 0. The van der Waals surface area contributed by atoms with E-state index in [1.165, 1.54) is 12.1 Å². The van der Waals surface area contributed by atoms with Crippen LogP contribution < -0.4 is 15.5 Å². The van der Waals surface area contributed by atoms with Crippen LogP contribution in [-0.2, 0) is 0 Å². The summed E-state index contributed by atoms with van der Waals surface area (Å²) in [6, 6.07) is 4.61. The van der Waals surface area contributed by atoms with E-state index in [1.807, 2.05) is 11.6 Å². The predicted octanol–water partition coefficient (Wildman–Crippen LogP) is 2.24. The van der Waals surface area contributed by atoms with Crippen LogP contribution in [0.25, 0.3) is 0 Å². The third-order valence-electron chi connectivity index (χ3n) is 3.53. The van der Waals surface area contributed by atoms with Crippen molar-refractivity contribution in [3.63, 3.8) is 0 Å². The quantitative estimate of drug-likeness (QED) is 0.878. The molecule has 1 aromatic heterocycles. The maximum absolute atomic E-state index is 13.4. The second-order valence-corrected chi connectivity index (χ2v) is 6.13. The van der Waals surface area contributed by atoms with Crippen molar-refractivity contribution in [3.05, 3.63) is 41.2 Å². The van der Waals surface area contributed by atoms with Crippen molar-refractivity contribution in [2.24, 2.45) is 5.73 Å². The number of hydrogen-bond acceptors (Lipinski definition) is 5. The van der Waals surface area contributed by atoms with Gasteiger partial charge in [-0.15, -0.1) is 11.3 Å². The Balaban J connectivity index is 1.76. The Labute approximate surface area is 132 Å². The van der Waals surface area contributed by atoms with E-state index < -0.39 is 0 Å². The number of hydrogen-bond donors (Lipinski definition) is 1. The molecule has 1 fully saturated rings. The Morgan fingerprint density at radius 2 is 1.95 bits per heavy atom. The van der Waals surface area contributed by atoms with Gasteiger partial charge in [-0.2, -0.15) is 0 Å². The molecule has 0 bridgehead atoms. The monoisotopic (exact) mass is 322 g/mol. The van der Waals surface area contributed by atoms with Gasteiger partial charge in [-0.3, -0.25) is 0 Å². The van der Waals surface area contributed by atoms with Crippen molar-refractivity contribution in [3.8, 4) is 0 Å². The van der Waals surface area contributed by atoms with Gasteiger partial charge in [0.15, 0.2) is 5.13 Å². The molecule has 0 spiro atoms. The molecule has 7 heteroatoms. The topological polar surface area (TPSA) is 45.4 Å². The fraction of sp³-hybridized carbons (Fsp3) is 0.286. The highest BCUT2D eigenvalue weighted by Gasteiger charge is 2.21. The smallest absolute Gasteiger partial charge is 0.185 e. The van der Waals surface area contributed by atoms with Gasteiger partial charge in [0, 0.05) is 49.0 Å². The molecule has 0 radical (unpaired) electrons. The number of anilines is 2. The van der Waals surface area contributed by atoms with Crippen molar-refractivity contribution in [2.45, 2.75) is 0 Å². The second-order valence-electron chi connectivity index (χ2n) is 4.81. The average Bonchev–Trinajstić information content (AvgIpc) is 3.01. The van der Waals surface area contributed by atoms with E-state index in [0.29, 0.717) is 5.56 Å². The number of thiazole rings is 1. The first-order chi connectivity index (χ1) is 10.1. The number of halogens is 1. The van der Waals surface area contributed by atoms with Gasteiger partial charge in [0.2, 0.25) is 0 Å². The summed E-state index contributed by atoms with van der Waals surface area (Å²) in [5.74, 6) is -0.317. The summed E-state index contributed by atoms with van der Waals surface area (Å²) in [5.41, 5.74) is 7.22. The van der Waals surface area contributed by atoms with E-state index in [2.05, 4.69) is 14.8 Å². The summed E-state index contributed by atoms with van der Waals surface area (Å²) >= 11 is 6.67. The minimum absolute atomic E-state index is 0.229. The Bertz CT molecular complexity index is 636. The molecule has 2 N–H and O–H groups in total. The van der Waals surface area contributed by atoms with Crippen molar-refractivity contribution < 1.29 is 4.39 Å². The zero-order valence-corrected chi connectivity index (χ0v) is 13.0. The Morgan fingerprint density at radius 3 is 2.57 bits per heavy atom. The minimum atomic E-state index is -0.317. The lowest BCUT2D eigenvalue weighted by molar-refractivity contribution is 0.624. The molecule has 0 amide bonds. The third kappa shape index (κ3) is 2.98. The molecule has 1 aromatic carbocycles. The molecule has 4 nitrogen and oxygen atoms in total. The van der Waals surface area contributed by atoms with E-state index in [4.69, 9.17) is 18.0 Å². The van der Waals surface area contributed by atoms with Crippen molar-refractivity contribution in [1.82, 2.24) is 4.98 Å². The highest BCUT2D eigenvalue weighted by atomic mass is 32.1. The van der Waals surface area contributed by atoms with Crippen LogP contribution in [0.5, 0.6) is 0 Å². The average molecular weight is 322 g/mol. The first-order valence-electron chi connectivity index (χ1n) is 6.64. The molecular formula is C14H15FN4S2. The molecule has 0 saturated carbocycles. The Hall–Kier alpha value is -1.73. The van der Waals surface area contributed by atoms with E-state index in [-0.39, 0.29) is 10.8 Å². The maximum atomic E-state index is 13.4. The molecule has 1 aliphatic rings. The SMILES string of the molecule is NC(=S)c1cc(F)ccc1N1CCN(c2nccs2)CC1. The number of piperazine rings is 1. The zero-order chi connectivity index (χ0) is 14.8. The molecular weight excluding hydrogens is 307 g/mol. The van der Waals surface area contributed by atoms with Crippen LogP contribution in [0, 0.1) is 5.82 Å². The summed E-state index contributed by atoms with van der Waals surface area (Å²) in [6.07, 6.45) is 1.82. The number of benzene rings is 1. The van der Waals surface area contributed by atoms with Crippen LogP contribution in [0.4, 0.5) is 15.2 Å². The predicted molar refractivity (Wildman–Crippen MR) is 88.8 cm³/mol. The van der Waals surface area contributed by atoms with Gasteiger partial charge in [-0.25, -0.2) is 9.37 Å². The molecule has 3 rings (SSSR count).